The van der Waals surface area contributed by atoms with E-state index in [4.69, 9.17) is 4.74 Å². The quantitative estimate of drug-likeness (QED) is 0.712. The van der Waals surface area contributed by atoms with Gasteiger partial charge in [0.05, 0.1) is 19.8 Å². The Morgan fingerprint density at radius 2 is 1.75 bits per heavy atom. The normalized spacial score (nSPS) is 16.7. The molecular formula is C20H27FN3O3S+. The minimum atomic E-state index is -3.93. The molecule has 2 aromatic rings. The van der Waals surface area contributed by atoms with Gasteiger partial charge in [0, 0.05) is 25.3 Å². The third-order valence-corrected chi connectivity index (χ3v) is 6.50. The zero-order valence-corrected chi connectivity index (χ0v) is 17.0. The summed E-state index contributed by atoms with van der Waals surface area (Å²) in [6.45, 7) is 3.06. The van der Waals surface area contributed by atoms with Crippen LogP contribution in [-0.2, 0) is 14.8 Å². The zero-order chi connectivity index (χ0) is 20.1. The van der Waals surface area contributed by atoms with E-state index in [-0.39, 0.29) is 17.5 Å². The first-order valence-corrected chi connectivity index (χ1v) is 10.8. The third-order valence-electron chi connectivity index (χ3n) is 5.04. The summed E-state index contributed by atoms with van der Waals surface area (Å²) >= 11 is 0. The van der Waals surface area contributed by atoms with Crippen molar-refractivity contribution in [3.63, 3.8) is 0 Å². The maximum absolute atomic E-state index is 14.0. The third kappa shape index (κ3) is 4.88. The second-order valence-corrected chi connectivity index (χ2v) is 8.83. The van der Waals surface area contributed by atoms with Crippen LogP contribution in [0.15, 0.2) is 53.4 Å². The first kappa shape index (κ1) is 20.7. The average Bonchev–Trinajstić information content (AvgIpc) is 2.69. The van der Waals surface area contributed by atoms with E-state index in [0.29, 0.717) is 13.2 Å². The Balaban J connectivity index is 1.82. The molecule has 0 radical (unpaired) electrons. The number of nitrogens with zero attached hydrogens (tertiary/aromatic N) is 1. The predicted molar refractivity (Wildman–Crippen MR) is 107 cm³/mol. The lowest BCUT2D eigenvalue weighted by Gasteiger charge is -2.32. The Kier molecular flexibility index (Phi) is 6.66. The van der Waals surface area contributed by atoms with Crippen LogP contribution in [0, 0.1) is 5.82 Å². The largest absolute Gasteiger partial charge is 0.378 e. The van der Waals surface area contributed by atoms with Crippen molar-refractivity contribution in [2.24, 2.45) is 0 Å². The molecule has 0 spiro atoms. The van der Waals surface area contributed by atoms with Crippen LogP contribution in [-0.4, -0.2) is 55.4 Å². The van der Waals surface area contributed by atoms with Gasteiger partial charge in [0.1, 0.15) is 29.8 Å². The van der Waals surface area contributed by atoms with Crippen molar-refractivity contribution in [3.05, 3.63) is 59.9 Å². The van der Waals surface area contributed by atoms with Gasteiger partial charge in [-0.25, -0.2) is 17.5 Å². The van der Waals surface area contributed by atoms with Crippen LogP contribution in [0.3, 0.4) is 0 Å². The molecule has 1 aliphatic heterocycles. The van der Waals surface area contributed by atoms with E-state index >= 15 is 0 Å². The Bertz CT molecular complexity index is 882. The maximum Gasteiger partial charge on any atom is 0.243 e. The smallest absolute Gasteiger partial charge is 0.243 e. The molecule has 8 heteroatoms. The van der Waals surface area contributed by atoms with Crippen molar-refractivity contribution in [2.75, 3.05) is 51.8 Å². The number of hydrogen-bond acceptors (Lipinski definition) is 4. The molecule has 1 heterocycles. The van der Waals surface area contributed by atoms with Gasteiger partial charge in [0.25, 0.3) is 0 Å². The minimum Gasteiger partial charge on any atom is -0.378 e. The fraction of sp³-hybridized carbons (Fsp3) is 0.400. The highest BCUT2D eigenvalue weighted by Crippen LogP contribution is 2.18. The first-order valence-electron chi connectivity index (χ1n) is 9.32. The van der Waals surface area contributed by atoms with Crippen molar-refractivity contribution in [2.45, 2.75) is 10.9 Å². The Hall–Kier alpha value is -2.00. The second kappa shape index (κ2) is 9.00. The molecule has 152 valence electrons. The van der Waals surface area contributed by atoms with Gasteiger partial charge >= 0.3 is 0 Å². The molecule has 0 unspecified atom stereocenters. The molecule has 0 amide bonds. The summed E-state index contributed by atoms with van der Waals surface area (Å²) in [7, 11) is 0.0168. The highest BCUT2D eigenvalue weighted by molar-refractivity contribution is 7.89. The molecule has 6 nitrogen and oxygen atoms in total. The highest BCUT2D eigenvalue weighted by Gasteiger charge is 2.29. The molecule has 0 saturated carbocycles. The second-order valence-electron chi connectivity index (χ2n) is 7.09. The van der Waals surface area contributed by atoms with Crippen LogP contribution in [0.1, 0.15) is 11.6 Å². The fourth-order valence-electron chi connectivity index (χ4n) is 3.42. The Morgan fingerprint density at radius 3 is 2.36 bits per heavy atom. The van der Waals surface area contributed by atoms with Crippen LogP contribution >= 0.6 is 0 Å². The van der Waals surface area contributed by atoms with Crippen LogP contribution in [0.2, 0.25) is 0 Å². The van der Waals surface area contributed by atoms with E-state index in [1.165, 1.54) is 23.1 Å². The number of hydrogen-bond donors (Lipinski definition) is 2. The number of morpholine rings is 1. The van der Waals surface area contributed by atoms with Crippen LogP contribution in [0.4, 0.5) is 10.1 Å². The lowest BCUT2D eigenvalue weighted by atomic mass is 10.0. The maximum atomic E-state index is 14.0. The molecule has 0 bridgehead atoms. The number of ether oxygens (including phenoxy) is 1. The van der Waals surface area contributed by atoms with Gasteiger partial charge in [-0.3, -0.25) is 0 Å². The van der Waals surface area contributed by atoms with Gasteiger partial charge < -0.3 is 14.5 Å². The summed E-state index contributed by atoms with van der Waals surface area (Å²) in [6.07, 6.45) is 0. The molecule has 2 N–H and O–H groups in total. The lowest BCUT2D eigenvalue weighted by Crippen LogP contribution is -3.15. The number of halogens is 1. The van der Waals surface area contributed by atoms with Crippen molar-refractivity contribution in [1.29, 1.82) is 0 Å². The monoisotopic (exact) mass is 408 g/mol. The van der Waals surface area contributed by atoms with E-state index in [0.717, 1.165) is 30.4 Å². The summed E-state index contributed by atoms with van der Waals surface area (Å²) in [5.41, 5.74) is 2.12. The molecular weight excluding hydrogens is 381 g/mol. The topological polar surface area (TPSA) is 63.1 Å². The van der Waals surface area contributed by atoms with Crippen molar-refractivity contribution < 1.29 is 22.4 Å². The molecule has 2 aromatic carbocycles. The number of rotatable bonds is 7. The summed E-state index contributed by atoms with van der Waals surface area (Å²) in [4.78, 5) is 2.94. The minimum absolute atomic E-state index is 0.0818. The summed E-state index contributed by atoms with van der Waals surface area (Å²) < 4.78 is 47.3. The molecule has 28 heavy (non-hydrogen) atoms. The van der Waals surface area contributed by atoms with Gasteiger partial charge in [-0.05, 0) is 24.3 Å². The summed E-state index contributed by atoms with van der Waals surface area (Å²) in [5.74, 6) is -0.749. The fourth-order valence-corrected chi connectivity index (χ4v) is 4.54. The summed E-state index contributed by atoms with van der Waals surface area (Å²) in [6, 6.07) is 13.4. The highest BCUT2D eigenvalue weighted by atomic mass is 32.2. The molecule has 1 saturated heterocycles. The van der Waals surface area contributed by atoms with Gasteiger partial charge in [0.15, 0.2) is 0 Å². The molecule has 0 aromatic heterocycles. The van der Waals surface area contributed by atoms with Gasteiger partial charge in [-0.1, -0.05) is 24.3 Å². The number of nitrogens with one attached hydrogen (secondary N) is 2. The first-order chi connectivity index (χ1) is 13.4. The predicted octanol–water partition coefficient (Wildman–Crippen LogP) is 0.826. The van der Waals surface area contributed by atoms with Gasteiger partial charge in [-0.2, -0.15) is 0 Å². The van der Waals surface area contributed by atoms with E-state index in [1.807, 2.05) is 43.3 Å². The van der Waals surface area contributed by atoms with Crippen molar-refractivity contribution in [1.82, 2.24) is 4.72 Å². The van der Waals surface area contributed by atoms with Crippen LogP contribution in [0.5, 0.6) is 0 Å². The summed E-state index contributed by atoms with van der Waals surface area (Å²) in [5, 5.41) is 0. The van der Waals surface area contributed by atoms with Crippen molar-refractivity contribution >= 4 is 15.7 Å². The lowest BCUT2D eigenvalue weighted by molar-refractivity contribution is -0.937. The standard InChI is InChI=1S/C20H26FN3O3S/c1-23(2)17-9-7-16(8-10-17)19(24-11-13-27-14-12-24)15-22-28(25,26)20-6-4-3-5-18(20)21/h3-10,19,22H,11-15H2,1-2H3/p+1/t19-/m1/s1. The number of sulfonamides is 1. The van der Waals surface area contributed by atoms with Crippen LogP contribution < -0.4 is 14.5 Å². The SMILES string of the molecule is CN(C)c1ccc([C@@H](CNS(=O)(=O)c2ccccc2F)[NH+]2CCOCC2)cc1. The Labute approximate surface area is 166 Å². The molecule has 0 aliphatic carbocycles. The van der Waals surface area contributed by atoms with E-state index in [9.17, 15) is 12.8 Å². The zero-order valence-electron chi connectivity index (χ0n) is 16.2. The molecule has 1 aliphatic rings. The van der Waals surface area contributed by atoms with E-state index in [2.05, 4.69) is 4.72 Å². The number of benzene rings is 2. The van der Waals surface area contributed by atoms with E-state index in [1.54, 1.807) is 0 Å². The number of anilines is 1. The molecule has 1 atom stereocenters. The molecule has 3 rings (SSSR count). The molecule has 1 fully saturated rings. The average molecular weight is 409 g/mol. The van der Waals surface area contributed by atoms with Crippen molar-refractivity contribution in [3.8, 4) is 0 Å². The Morgan fingerprint density at radius 1 is 1.11 bits per heavy atom. The van der Waals surface area contributed by atoms with Crippen LogP contribution in [0.25, 0.3) is 0 Å². The number of quaternary nitrogens is 1. The van der Waals surface area contributed by atoms with E-state index < -0.39 is 15.8 Å². The van der Waals surface area contributed by atoms with Gasteiger partial charge in [0.2, 0.25) is 10.0 Å². The van der Waals surface area contributed by atoms with Gasteiger partial charge in [-0.15, -0.1) is 0 Å².